The zero-order valence-corrected chi connectivity index (χ0v) is 14.3. The molecule has 1 aromatic heterocycles. The minimum Gasteiger partial charge on any atom is -0.398 e. The van der Waals surface area contributed by atoms with E-state index in [1.807, 2.05) is 27.7 Å². The van der Waals surface area contributed by atoms with Crippen LogP contribution in [0.3, 0.4) is 0 Å². The van der Waals surface area contributed by atoms with Gasteiger partial charge in [0.05, 0.1) is 16.9 Å². The Hall–Kier alpha value is -1.34. The lowest BCUT2D eigenvalue weighted by molar-refractivity contribution is -0.0876. The Bertz CT molecular complexity index is 652. The summed E-state index contributed by atoms with van der Waals surface area (Å²) in [5.41, 5.74) is -0.908. The van der Waals surface area contributed by atoms with E-state index < -0.39 is 30.0 Å². The maximum Gasteiger partial charge on any atom is 0.525 e. The van der Waals surface area contributed by atoms with Crippen molar-refractivity contribution in [1.82, 2.24) is 4.98 Å². The van der Waals surface area contributed by atoms with Crippen molar-refractivity contribution in [2.24, 2.45) is 0 Å². The lowest BCUT2D eigenvalue weighted by atomic mass is 9.79. The van der Waals surface area contributed by atoms with E-state index in [-0.39, 0.29) is 18.8 Å². The van der Waals surface area contributed by atoms with Gasteiger partial charge in [0.1, 0.15) is 5.73 Å². The quantitative estimate of drug-likeness (QED) is 0.758. The molecule has 0 atom stereocenters. The van der Waals surface area contributed by atoms with Crippen molar-refractivity contribution in [2.75, 3.05) is 0 Å². The summed E-state index contributed by atoms with van der Waals surface area (Å²) in [7, 11) is -1.09. The highest BCUT2D eigenvalue weighted by atomic mass is 19.3. The van der Waals surface area contributed by atoms with Crippen LogP contribution >= 0.6 is 0 Å². The van der Waals surface area contributed by atoms with Crippen LogP contribution < -0.4 is 0 Å². The molecule has 0 spiro atoms. The zero-order valence-electron chi connectivity index (χ0n) is 14.3. The summed E-state index contributed by atoms with van der Waals surface area (Å²) in [6.45, 7) is 7.37. The van der Waals surface area contributed by atoms with Crippen LogP contribution in [0.2, 0.25) is 0 Å². The van der Waals surface area contributed by atoms with Gasteiger partial charge >= 0.3 is 7.12 Å². The molecule has 7 heteroatoms. The van der Waals surface area contributed by atoms with Crippen LogP contribution in [0.5, 0.6) is 0 Å². The van der Waals surface area contributed by atoms with Crippen LogP contribution in [0.4, 0.5) is 13.2 Å². The molecule has 3 nitrogen and oxygen atoms in total. The molecule has 24 heavy (non-hydrogen) atoms. The molecule has 0 amide bonds. The molecule has 1 saturated carbocycles. The minimum absolute atomic E-state index is 0.202. The molecular formula is C17H21BF3NO2. The summed E-state index contributed by atoms with van der Waals surface area (Å²) in [5.74, 6) is -2.88. The number of pyridine rings is 1. The van der Waals surface area contributed by atoms with E-state index in [2.05, 4.69) is 4.98 Å². The second-order valence-corrected chi connectivity index (χ2v) is 7.57. The average molecular weight is 339 g/mol. The van der Waals surface area contributed by atoms with E-state index in [1.165, 1.54) is 6.08 Å². The summed E-state index contributed by atoms with van der Waals surface area (Å²) in [5, 5.41) is 0. The van der Waals surface area contributed by atoms with Gasteiger partial charge in [-0.2, -0.15) is 0 Å². The highest BCUT2D eigenvalue weighted by molar-refractivity contribution is 6.54. The van der Waals surface area contributed by atoms with Crippen LogP contribution in [0.25, 0.3) is 6.08 Å². The van der Waals surface area contributed by atoms with E-state index in [9.17, 15) is 13.2 Å². The highest BCUT2D eigenvalue weighted by Crippen LogP contribution is 2.47. The van der Waals surface area contributed by atoms with Crippen LogP contribution in [-0.2, 0) is 9.31 Å². The van der Waals surface area contributed by atoms with Crippen LogP contribution in [-0.4, -0.2) is 29.2 Å². The van der Waals surface area contributed by atoms with Crippen molar-refractivity contribution in [3.63, 3.8) is 0 Å². The minimum atomic E-state index is -2.61. The van der Waals surface area contributed by atoms with Crippen LogP contribution in [0.15, 0.2) is 23.9 Å². The molecule has 1 saturated heterocycles. The molecule has 0 bridgehead atoms. The Morgan fingerprint density at radius 2 is 1.75 bits per heavy atom. The van der Waals surface area contributed by atoms with Gasteiger partial charge in [-0.15, -0.1) is 0 Å². The normalized spacial score (nSPS) is 25.6. The smallest absolute Gasteiger partial charge is 0.398 e. The van der Waals surface area contributed by atoms with E-state index in [1.54, 1.807) is 18.2 Å². The summed E-state index contributed by atoms with van der Waals surface area (Å²) in [6, 6.07) is 5.03. The van der Waals surface area contributed by atoms with E-state index in [4.69, 9.17) is 9.31 Å². The topological polar surface area (TPSA) is 31.4 Å². The summed E-state index contributed by atoms with van der Waals surface area (Å²) < 4.78 is 51.8. The average Bonchev–Trinajstić information content (AvgIpc) is 2.65. The third-order valence-corrected chi connectivity index (χ3v) is 5.06. The van der Waals surface area contributed by atoms with Crippen molar-refractivity contribution < 1.29 is 22.5 Å². The van der Waals surface area contributed by atoms with Gasteiger partial charge in [0.25, 0.3) is 0 Å². The van der Waals surface area contributed by atoms with Crippen LogP contribution in [0.1, 0.15) is 57.8 Å². The number of alkyl halides is 2. The molecule has 2 heterocycles. The molecule has 1 aliphatic heterocycles. The van der Waals surface area contributed by atoms with Gasteiger partial charge in [-0.1, -0.05) is 6.07 Å². The van der Waals surface area contributed by atoms with Gasteiger partial charge in [-0.3, -0.25) is 4.98 Å². The number of hydrogen-bond acceptors (Lipinski definition) is 3. The number of rotatable bonds is 3. The summed E-state index contributed by atoms with van der Waals surface area (Å²) in [4.78, 5) is 4.28. The third-order valence-electron chi connectivity index (χ3n) is 5.06. The second kappa shape index (κ2) is 5.59. The van der Waals surface area contributed by atoms with E-state index in [0.717, 1.165) is 0 Å². The maximum absolute atomic E-state index is 14.5. The first-order valence-corrected chi connectivity index (χ1v) is 8.07. The first-order chi connectivity index (χ1) is 11.0. The van der Waals surface area contributed by atoms with E-state index in [0.29, 0.717) is 11.4 Å². The Kier molecular flexibility index (Phi) is 4.08. The molecule has 0 unspecified atom stereocenters. The summed E-state index contributed by atoms with van der Waals surface area (Å²) in [6.07, 6.45) is 0.836. The van der Waals surface area contributed by atoms with Gasteiger partial charge in [-0.25, -0.2) is 13.2 Å². The number of halogens is 3. The zero-order chi connectivity index (χ0) is 17.8. The fourth-order valence-corrected chi connectivity index (χ4v) is 2.81. The Balaban J connectivity index is 1.75. The fraction of sp³-hybridized carbons (Fsp3) is 0.588. The monoisotopic (exact) mass is 339 g/mol. The number of hydrogen-bond donors (Lipinski definition) is 0. The first kappa shape index (κ1) is 17.5. The Morgan fingerprint density at radius 1 is 1.17 bits per heavy atom. The molecule has 1 aromatic rings. The van der Waals surface area contributed by atoms with Crippen molar-refractivity contribution in [3.8, 4) is 0 Å². The lowest BCUT2D eigenvalue weighted by Gasteiger charge is -2.34. The SMILES string of the molecule is CC1(C)OB(C(F)=Cc2cccc(C3CC(F)(F)C3)n2)OC1(C)C. The van der Waals surface area contributed by atoms with Gasteiger partial charge in [0.2, 0.25) is 5.92 Å². The molecule has 2 fully saturated rings. The number of aromatic nitrogens is 1. The standard InChI is InChI=1S/C17H21BF3NO2/c1-15(2)16(3,4)24-18(23-15)14(19)8-12-6-5-7-13(22-12)11-9-17(20,21)10-11/h5-8,11H,9-10H2,1-4H3. The van der Waals surface area contributed by atoms with Gasteiger partial charge < -0.3 is 9.31 Å². The van der Waals surface area contributed by atoms with Gasteiger partial charge in [0.15, 0.2) is 0 Å². The third kappa shape index (κ3) is 3.24. The molecule has 0 N–H and O–H groups in total. The van der Waals surface area contributed by atoms with Crippen molar-refractivity contribution in [2.45, 2.75) is 63.6 Å². The molecule has 2 aliphatic rings. The molecule has 0 radical (unpaired) electrons. The van der Waals surface area contributed by atoms with Crippen molar-refractivity contribution >= 4 is 13.2 Å². The Labute approximate surface area is 140 Å². The molecule has 1 aliphatic carbocycles. The number of nitrogens with zero attached hydrogens (tertiary/aromatic N) is 1. The molecule has 130 valence electrons. The van der Waals surface area contributed by atoms with Crippen molar-refractivity contribution in [3.05, 3.63) is 35.3 Å². The van der Waals surface area contributed by atoms with Crippen molar-refractivity contribution in [1.29, 1.82) is 0 Å². The largest absolute Gasteiger partial charge is 0.525 e. The molecule has 0 aromatic carbocycles. The molecule has 3 rings (SSSR count). The van der Waals surface area contributed by atoms with E-state index >= 15 is 0 Å². The predicted molar refractivity (Wildman–Crippen MR) is 86.3 cm³/mol. The second-order valence-electron chi connectivity index (χ2n) is 7.57. The highest BCUT2D eigenvalue weighted by Gasteiger charge is 2.53. The predicted octanol–water partition coefficient (Wildman–Crippen LogP) is 4.54. The maximum atomic E-state index is 14.5. The first-order valence-electron chi connectivity index (χ1n) is 8.07. The van der Waals surface area contributed by atoms with Crippen LogP contribution in [0, 0.1) is 0 Å². The lowest BCUT2D eigenvalue weighted by Crippen LogP contribution is -2.41. The molecular weight excluding hydrogens is 318 g/mol. The van der Waals surface area contributed by atoms with Gasteiger partial charge in [-0.05, 0) is 45.9 Å². The van der Waals surface area contributed by atoms with Gasteiger partial charge in [0, 0.05) is 24.5 Å². The Morgan fingerprint density at radius 3 is 2.29 bits per heavy atom. The summed E-state index contributed by atoms with van der Waals surface area (Å²) >= 11 is 0. The fourth-order valence-electron chi connectivity index (χ4n) is 2.81.